The first kappa shape index (κ1) is 18.1. The first-order valence-electron chi connectivity index (χ1n) is 7.60. The number of carbonyl (C=O) groups is 1. The number of carbonyl (C=O) groups excluding carboxylic acids is 1. The van der Waals surface area contributed by atoms with Gasteiger partial charge in [0.1, 0.15) is 0 Å². The number of para-hydroxylation sites is 1. The van der Waals surface area contributed by atoms with Gasteiger partial charge in [-0.3, -0.25) is 25.0 Å². The van der Waals surface area contributed by atoms with Crippen LogP contribution in [-0.2, 0) is 11.2 Å². The minimum absolute atomic E-state index is 0.120. The second-order valence-electron chi connectivity index (χ2n) is 5.79. The zero-order valence-electron chi connectivity index (χ0n) is 13.8. The van der Waals surface area contributed by atoms with Crippen molar-refractivity contribution < 1.29 is 14.6 Å². The van der Waals surface area contributed by atoms with Crippen molar-refractivity contribution in [3.63, 3.8) is 0 Å². The van der Waals surface area contributed by atoms with Crippen molar-refractivity contribution in [2.45, 2.75) is 26.2 Å². The van der Waals surface area contributed by atoms with Crippen molar-refractivity contribution in [2.75, 3.05) is 5.32 Å². The third-order valence-corrected chi connectivity index (χ3v) is 3.68. The lowest BCUT2D eigenvalue weighted by atomic mass is 10.0. The summed E-state index contributed by atoms with van der Waals surface area (Å²) in [5, 5.41) is 24.6. The molecule has 0 fully saturated rings. The summed E-state index contributed by atoms with van der Waals surface area (Å²) in [4.78, 5) is 32.7. The van der Waals surface area contributed by atoms with Crippen LogP contribution >= 0.6 is 0 Å². The third kappa shape index (κ3) is 4.37. The van der Waals surface area contributed by atoms with Crippen molar-refractivity contribution in [3.8, 4) is 0 Å². The molecule has 0 aliphatic rings. The fourth-order valence-electron chi connectivity index (χ4n) is 2.47. The van der Waals surface area contributed by atoms with E-state index >= 15 is 0 Å². The maximum atomic E-state index is 12.3. The summed E-state index contributed by atoms with van der Waals surface area (Å²) in [7, 11) is 0. The summed E-state index contributed by atoms with van der Waals surface area (Å²) >= 11 is 0. The topological polar surface area (TPSA) is 115 Å². The van der Waals surface area contributed by atoms with Crippen LogP contribution in [0.5, 0.6) is 0 Å². The quantitative estimate of drug-likeness (QED) is 0.632. The van der Waals surface area contributed by atoms with E-state index in [-0.39, 0.29) is 23.6 Å². The number of hydrogen-bond acceptors (Lipinski definition) is 5. The van der Waals surface area contributed by atoms with Crippen molar-refractivity contribution in [1.82, 2.24) is 0 Å². The van der Waals surface area contributed by atoms with Gasteiger partial charge in [0.25, 0.3) is 11.4 Å². The number of benzene rings is 2. The molecule has 0 unspecified atom stereocenters. The van der Waals surface area contributed by atoms with Crippen LogP contribution in [0.4, 0.5) is 17.1 Å². The molecule has 0 heterocycles. The van der Waals surface area contributed by atoms with E-state index < -0.39 is 21.4 Å². The molecule has 0 aromatic heterocycles. The van der Waals surface area contributed by atoms with E-state index in [1.54, 1.807) is 12.1 Å². The molecule has 0 saturated carbocycles. The number of rotatable bonds is 6. The van der Waals surface area contributed by atoms with Gasteiger partial charge in [0.2, 0.25) is 5.91 Å². The molecule has 0 bridgehead atoms. The van der Waals surface area contributed by atoms with E-state index in [4.69, 9.17) is 0 Å². The van der Waals surface area contributed by atoms with E-state index in [0.29, 0.717) is 5.69 Å². The summed E-state index contributed by atoms with van der Waals surface area (Å²) in [6.45, 7) is 3.98. The molecule has 130 valence electrons. The van der Waals surface area contributed by atoms with Crippen LogP contribution in [0.1, 0.15) is 30.9 Å². The molecule has 2 aromatic carbocycles. The second kappa shape index (κ2) is 7.52. The standard InChI is InChI=1S/C17H17N3O5/c1-11(2)14-5-3-4-6-15(14)18-17(21)9-12-7-8-13(19(22)23)10-16(12)20(24)25/h3-8,10-11H,9H2,1-2H3,(H,18,21). The number of nitrogens with zero attached hydrogens (tertiary/aromatic N) is 2. The molecule has 0 saturated heterocycles. The van der Waals surface area contributed by atoms with Gasteiger partial charge in [0.05, 0.1) is 22.3 Å². The highest BCUT2D eigenvalue weighted by atomic mass is 16.6. The molecule has 8 heteroatoms. The zero-order valence-corrected chi connectivity index (χ0v) is 13.8. The van der Waals surface area contributed by atoms with E-state index in [1.165, 1.54) is 6.07 Å². The highest BCUT2D eigenvalue weighted by Gasteiger charge is 2.21. The first-order chi connectivity index (χ1) is 11.8. The maximum Gasteiger partial charge on any atom is 0.279 e. The molecule has 0 radical (unpaired) electrons. The largest absolute Gasteiger partial charge is 0.326 e. The van der Waals surface area contributed by atoms with Crippen LogP contribution < -0.4 is 5.32 Å². The molecule has 1 amide bonds. The van der Waals surface area contributed by atoms with Gasteiger partial charge in [-0.1, -0.05) is 32.0 Å². The molecule has 0 aliphatic heterocycles. The van der Waals surface area contributed by atoms with Gasteiger partial charge in [-0.25, -0.2) is 0 Å². The minimum atomic E-state index is -0.725. The molecule has 8 nitrogen and oxygen atoms in total. The van der Waals surface area contributed by atoms with Gasteiger partial charge in [0, 0.05) is 17.3 Å². The second-order valence-corrected chi connectivity index (χ2v) is 5.79. The fraction of sp³-hybridized carbons (Fsp3) is 0.235. The van der Waals surface area contributed by atoms with Crippen LogP contribution in [0.25, 0.3) is 0 Å². The summed E-state index contributed by atoms with van der Waals surface area (Å²) in [5.41, 5.74) is 0.888. The number of amides is 1. The Balaban J connectivity index is 2.24. The Morgan fingerprint density at radius 2 is 1.76 bits per heavy atom. The summed E-state index contributed by atoms with van der Waals surface area (Å²) in [6, 6.07) is 10.6. The van der Waals surface area contributed by atoms with Crippen molar-refractivity contribution >= 4 is 23.0 Å². The summed E-state index contributed by atoms with van der Waals surface area (Å²) < 4.78 is 0. The molecule has 1 N–H and O–H groups in total. The van der Waals surface area contributed by atoms with E-state index in [2.05, 4.69) is 5.32 Å². The van der Waals surface area contributed by atoms with Gasteiger partial charge in [-0.2, -0.15) is 0 Å². The SMILES string of the molecule is CC(C)c1ccccc1NC(=O)Cc1ccc([N+](=O)[O-])cc1[N+](=O)[O-]. The molecule has 25 heavy (non-hydrogen) atoms. The lowest BCUT2D eigenvalue weighted by Crippen LogP contribution is -2.16. The zero-order chi connectivity index (χ0) is 18.6. The first-order valence-corrected chi connectivity index (χ1v) is 7.60. The van der Waals surface area contributed by atoms with E-state index in [1.807, 2.05) is 26.0 Å². The lowest BCUT2D eigenvalue weighted by Gasteiger charge is -2.13. The Morgan fingerprint density at radius 3 is 2.36 bits per heavy atom. The van der Waals surface area contributed by atoms with Crippen molar-refractivity contribution in [2.24, 2.45) is 0 Å². The van der Waals surface area contributed by atoms with Gasteiger partial charge in [0.15, 0.2) is 0 Å². The minimum Gasteiger partial charge on any atom is -0.326 e. The number of nitrogens with one attached hydrogen (secondary N) is 1. The fourth-order valence-corrected chi connectivity index (χ4v) is 2.47. The number of hydrogen-bond donors (Lipinski definition) is 1. The van der Waals surface area contributed by atoms with Crippen molar-refractivity contribution in [3.05, 3.63) is 73.8 Å². The van der Waals surface area contributed by atoms with Gasteiger partial charge in [-0.15, -0.1) is 0 Å². The Bertz CT molecular complexity index is 833. The van der Waals surface area contributed by atoms with Crippen LogP contribution in [0.2, 0.25) is 0 Å². The van der Waals surface area contributed by atoms with Crippen LogP contribution in [0, 0.1) is 20.2 Å². The number of non-ortho nitro benzene ring substituents is 1. The van der Waals surface area contributed by atoms with Crippen LogP contribution in [0.3, 0.4) is 0 Å². The maximum absolute atomic E-state index is 12.3. The van der Waals surface area contributed by atoms with Gasteiger partial charge in [-0.05, 0) is 23.6 Å². The van der Waals surface area contributed by atoms with Crippen molar-refractivity contribution in [1.29, 1.82) is 0 Å². The molecule has 2 rings (SSSR count). The highest BCUT2D eigenvalue weighted by Crippen LogP contribution is 2.27. The molecule has 0 spiro atoms. The molecule has 0 atom stereocenters. The van der Waals surface area contributed by atoms with Gasteiger partial charge >= 0.3 is 0 Å². The number of nitro benzene ring substituents is 2. The average molecular weight is 343 g/mol. The normalized spacial score (nSPS) is 10.5. The molecule has 0 aliphatic carbocycles. The summed E-state index contributed by atoms with van der Waals surface area (Å²) in [5.74, 6) is -0.227. The monoisotopic (exact) mass is 343 g/mol. The Morgan fingerprint density at radius 1 is 1.08 bits per heavy atom. The average Bonchev–Trinajstić information content (AvgIpc) is 2.54. The molecule has 2 aromatic rings. The molecular weight excluding hydrogens is 326 g/mol. The van der Waals surface area contributed by atoms with Crippen LogP contribution in [0.15, 0.2) is 42.5 Å². The Labute approximate surface area is 143 Å². The Kier molecular flexibility index (Phi) is 5.43. The predicted octanol–water partition coefficient (Wildman–Crippen LogP) is 3.81. The number of anilines is 1. The summed E-state index contributed by atoms with van der Waals surface area (Å²) in [6.07, 6.45) is -0.249. The smallest absolute Gasteiger partial charge is 0.279 e. The van der Waals surface area contributed by atoms with E-state index in [9.17, 15) is 25.0 Å². The molecular formula is C17H17N3O5. The Hall–Kier alpha value is -3.29. The number of nitro groups is 2. The highest BCUT2D eigenvalue weighted by molar-refractivity contribution is 5.93. The predicted molar refractivity (Wildman–Crippen MR) is 92.6 cm³/mol. The van der Waals surface area contributed by atoms with Gasteiger partial charge < -0.3 is 5.32 Å². The van der Waals surface area contributed by atoms with Crippen LogP contribution in [-0.4, -0.2) is 15.8 Å². The third-order valence-electron chi connectivity index (χ3n) is 3.68. The lowest BCUT2D eigenvalue weighted by molar-refractivity contribution is -0.394. The van der Waals surface area contributed by atoms with E-state index in [0.717, 1.165) is 17.7 Å².